The molecule has 0 amide bonds. The highest BCUT2D eigenvalue weighted by molar-refractivity contribution is 9.11. The van der Waals surface area contributed by atoms with E-state index in [1.807, 2.05) is 11.3 Å². The van der Waals surface area contributed by atoms with Crippen molar-refractivity contribution in [3.63, 3.8) is 0 Å². The molecular formula is C49H86Br2OS2. The van der Waals surface area contributed by atoms with Gasteiger partial charge in [0.25, 0.3) is 0 Å². The molecule has 2 atom stereocenters. The molecule has 0 aromatic carbocycles. The van der Waals surface area contributed by atoms with Crippen molar-refractivity contribution in [3.05, 3.63) is 41.1 Å². The van der Waals surface area contributed by atoms with Crippen LogP contribution < -0.4 is 0 Å². The molecule has 2 aromatic rings. The van der Waals surface area contributed by atoms with Gasteiger partial charge in [0.1, 0.15) is 0 Å². The van der Waals surface area contributed by atoms with Crippen LogP contribution in [-0.2, 0) is 12.8 Å². The normalized spacial score (nSPS) is 12.5. The van der Waals surface area contributed by atoms with Gasteiger partial charge in [0, 0.05) is 0 Å². The molecule has 0 fully saturated rings. The molecule has 0 saturated carbocycles. The Balaban J connectivity index is 0.000000541. The Hall–Kier alpha value is 0.0300. The number of hydrogen-bond donors (Lipinski definition) is 0. The van der Waals surface area contributed by atoms with Gasteiger partial charge >= 0.3 is 0 Å². The van der Waals surface area contributed by atoms with E-state index in [0.29, 0.717) is 0 Å². The van der Waals surface area contributed by atoms with Crippen LogP contribution in [0.15, 0.2) is 25.1 Å². The summed E-state index contributed by atoms with van der Waals surface area (Å²) in [5, 5.41) is 2.23. The van der Waals surface area contributed by atoms with Crippen molar-refractivity contribution in [2.75, 3.05) is 0 Å². The van der Waals surface area contributed by atoms with Gasteiger partial charge in [-0.3, -0.25) is 4.79 Å². The Bertz CT molecular complexity index is 1080. The lowest BCUT2D eigenvalue weighted by molar-refractivity contribution is 0.112. The second-order valence-electron chi connectivity index (χ2n) is 16.6. The molecule has 1 nitrogen and oxygen atoms in total. The number of carbonyl (C=O) groups is 1. The van der Waals surface area contributed by atoms with Crippen molar-refractivity contribution in [1.82, 2.24) is 0 Å². The maximum Gasteiger partial charge on any atom is 0.160 e. The minimum Gasteiger partial charge on any atom is -0.297 e. The highest BCUT2D eigenvalue weighted by Gasteiger charge is 2.15. The molecule has 0 bridgehead atoms. The molecule has 2 unspecified atom stereocenters. The van der Waals surface area contributed by atoms with Gasteiger partial charge in [0.15, 0.2) is 6.29 Å². The van der Waals surface area contributed by atoms with Crippen LogP contribution in [0, 0.1) is 11.8 Å². The van der Waals surface area contributed by atoms with E-state index in [0.717, 1.165) is 29.4 Å². The zero-order valence-corrected chi connectivity index (χ0v) is 40.8. The van der Waals surface area contributed by atoms with Crippen LogP contribution in [0.4, 0.5) is 0 Å². The monoisotopic (exact) mass is 912 g/mol. The SMILES string of the molecule is CCCCCCCCCCC(CCCCCCCC)Cc1cc(C=O)sc1Br.CCCCCCCCCCC(CCCCCCCC)Cc1ccsc1Br. The van der Waals surface area contributed by atoms with E-state index in [1.54, 1.807) is 16.9 Å². The van der Waals surface area contributed by atoms with Crippen LogP contribution >= 0.6 is 54.5 Å². The average molecular weight is 915 g/mol. The molecule has 314 valence electrons. The van der Waals surface area contributed by atoms with Crippen molar-refractivity contribution < 1.29 is 4.79 Å². The number of carbonyl (C=O) groups excluding carboxylic acids is 1. The third-order valence-electron chi connectivity index (χ3n) is 11.5. The van der Waals surface area contributed by atoms with Gasteiger partial charge in [-0.25, -0.2) is 0 Å². The summed E-state index contributed by atoms with van der Waals surface area (Å²) < 4.78 is 2.53. The molecule has 2 aromatic heterocycles. The molecule has 5 heteroatoms. The predicted octanol–water partition coefficient (Wildman–Crippen LogP) is 19.7. The van der Waals surface area contributed by atoms with Gasteiger partial charge in [-0.15, -0.1) is 22.7 Å². The molecular weight excluding hydrogens is 828 g/mol. The summed E-state index contributed by atoms with van der Waals surface area (Å²) in [6, 6.07) is 4.43. The molecule has 0 aliphatic rings. The highest BCUT2D eigenvalue weighted by atomic mass is 79.9. The lowest BCUT2D eigenvalue weighted by atomic mass is 9.89. The van der Waals surface area contributed by atoms with Crippen LogP contribution in [0.3, 0.4) is 0 Å². The Morgan fingerprint density at radius 1 is 0.481 bits per heavy atom. The molecule has 2 rings (SSSR count). The van der Waals surface area contributed by atoms with Crippen LogP contribution in [-0.4, -0.2) is 6.29 Å². The maximum atomic E-state index is 11.1. The summed E-state index contributed by atoms with van der Waals surface area (Å²) in [4.78, 5) is 11.9. The van der Waals surface area contributed by atoms with E-state index in [4.69, 9.17) is 0 Å². The molecule has 2 heterocycles. The molecule has 0 N–H and O–H groups in total. The van der Waals surface area contributed by atoms with Gasteiger partial charge in [-0.2, -0.15) is 0 Å². The Morgan fingerprint density at radius 2 is 0.815 bits per heavy atom. The molecule has 0 aliphatic carbocycles. The molecule has 54 heavy (non-hydrogen) atoms. The summed E-state index contributed by atoms with van der Waals surface area (Å²) >= 11 is 10.9. The minimum absolute atomic E-state index is 0.775. The summed E-state index contributed by atoms with van der Waals surface area (Å²) in [6.07, 6.45) is 48.4. The average Bonchev–Trinajstić information content (AvgIpc) is 3.75. The zero-order valence-electron chi connectivity index (χ0n) is 36.0. The van der Waals surface area contributed by atoms with Crippen LogP contribution in [0.25, 0.3) is 0 Å². The topological polar surface area (TPSA) is 17.1 Å². The summed E-state index contributed by atoms with van der Waals surface area (Å²) in [6.45, 7) is 9.17. The summed E-state index contributed by atoms with van der Waals surface area (Å²) in [5.41, 5.74) is 2.90. The number of halogens is 2. The number of rotatable bonds is 37. The number of aldehydes is 1. The standard InChI is InChI=1S/C25H43BrOS.C24H43BrS/c1-3-5-7-9-11-12-14-16-18-22(17-15-13-10-8-6-4-2)19-23-20-24(21-27)28-25(23)26;1-3-5-7-9-11-12-14-16-18-22(17-15-13-10-8-6-4-2)21-23-19-20-26-24(23)25/h20-22H,3-19H2,1-2H3;19-20,22H,3-18,21H2,1-2H3. The third kappa shape index (κ3) is 29.3. The van der Waals surface area contributed by atoms with Gasteiger partial charge < -0.3 is 0 Å². The number of hydrogen-bond acceptors (Lipinski definition) is 3. The van der Waals surface area contributed by atoms with E-state index < -0.39 is 0 Å². The largest absolute Gasteiger partial charge is 0.297 e. The van der Waals surface area contributed by atoms with Crippen molar-refractivity contribution in [3.8, 4) is 0 Å². The van der Waals surface area contributed by atoms with E-state index in [2.05, 4.69) is 77.1 Å². The van der Waals surface area contributed by atoms with Crippen LogP contribution in [0.1, 0.15) is 254 Å². The fourth-order valence-electron chi connectivity index (χ4n) is 7.97. The number of unbranched alkanes of at least 4 members (excludes halogenated alkanes) is 24. The molecule has 0 radical (unpaired) electrons. The lowest BCUT2D eigenvalue weighted by Crippen LogP contribution is -2.05. The first kappa shape index (κ1) is 52.0. The van der Waals surface area contributed by atoms with Gasteiger partial charge in [0.05, 0.1) is 12.4 Å². The Kier molecular flexibility index (Phi) is 37.1. The van der Waals surface area contributed by atoms with E-state index in [1.165, 1.54) is 225 Å². The quantitative estimate of drug-likeness (QED) is 0.0488. The second kappa shape index (κ2) is 38.5. The zero-order chi connectivity index (χ0) is 39.3. The van der Waals surface area contributed by atoms with Gasteiger partial charge in [-0.1, -0.05) is 233 Å². The van der Waals surface area contributed by atoms with E-state index in [-0.39, 0.29) is 0 Å². The fourth-order valence-corrected chi connectivity index (χ4v) is 10.8. The first-order chi connectivity index (χ1) is 26.5. The van der Waals surface area contributed by atoms with E-state index in [9.17, 15) is 4.79 Å². The first-order valence-corrected chi connectivity index (χ1v) is 26.7. The predicted molar refractivity (Wildman–Crippen MR) is 254 cm³/mol. The molecule has 0 spiro atoms. The summed E-state index contributed by atoms with van der Waals surface area (Å²) in [5.74, 6) is 1.67. The maximum absolute atomic E-state index is 11.1. The molecule has 0 aliphatic heterocycles. The molecule has 0 saturated heterocycles. The van der Waals surface area contributed by atoms with Gasteiger partial charge in [0.2, 0.25) is 0 Å². The lowest BCUT2D eigenvalue weighted by Gasteiger charge is -2.17. The first-order valence-electron chi connectivity index (χ1n) is 23.4. The highest BCUT2D eigenvalue weighted by Crippen LogP contribution is 2.33. The fraction of sp³-hybridized carbons (Fsp3) is 0.816. The minimum atomic E-state index is 0.775. The van der Waals surface area contributed by atoms with Crippen molar-refractivity contribution in [2.45, 2.75) is 246 Å². The van der Waals surface area contributed by atoms with Crippen LogP contribution in [0.2, 0.25) is 0 Å². The van der Waals surface area contributed by atoms with Crippen molar-refractivity contribution in [1.29, 1.82) is 0 Å². The second-order valence-corrected chi connectivity index (χ2v) is 21.2. The third-order valence-corrected chi connectivity index (χ3v) is 15.2. The van der Waals surface area contributed by atoms with Crippen LogP contribution in [0.5, 0.6) is 0 Å². The van der Waals surface area contributed by atoms with Gasteiger partial charge in [-0.05, 0) is 85.2 Å². The van der Waals surface area contributed by atoms with E-state index >= 15 is 0 Å². The van der Waals surface area contributed by atoms with Crippen molar-refractivity contribution >= 4 is 60.8 Å². The van der Waals surface area contributed by atoms with Crippen molar-refractivity contribution in [2.24, 2.45) is 11.8 Å². The Morgan fingerprint density at radius 3 is 1.11 bits per heavy atom. The summed E-state index contributed by atoms with van der Waals surface area (Å²) in [7, 11) is 0. The number of thiophene rings is 2. The Labute approximate surface area is 362 Å². The smallest absolute Gasteiger partial charge is 0.160 e.